The predicted molar refractivity (Wildman–Crippen MR) is 167 cm³/mol. The van der Waals surface area contributed by atoms with E-state index in [2.05, 4.69) is 107 Å². The first-order valence-corrected chi connectivity index (χ1v) is 15.5. The van der Waals surface area contributed by atoms with Crippen LogP contribution in [0.2, 0.25) is 0 Å². The summed E-state index contributed by atoms with van der Waals surface area (Å²) in [6, 6.07) is 10.5. The van der Waals surface area contributed by atoms with Crippen LogP contribution in [0.15, 0.2) is 24.3 Å². The molecule has 0 bridgehead atoms. The maximum absolute atomic E-state index is 2.62. The minimum absolute atomic E-state index is 0.668. The summed E-state index contributed by atoms with van der Waals surface area (Å²) < 4.78 is 0. The molecule has 0 N–H and O–H groups in total. The van der Waals surface area contributed by atoms with Crippen LogP contribution in [0.25, 0.3) is 0 Å². The van der Waals surface area contributed by atoms with E-state index in [0.717, 1.165) is 6.42 Å². The maximum atomic E-state index is 2.62. The highest BCUT2D eigenvalue weighted by atomic mass is 14.2. The molecule has 2 rings (SSSR count). The Bertz CT molecular complexity index is 889. The third kappa shape index (κ3) is 10.6. The van der Waals surface area contributed by atoms with Gasteiger partial charge in [-0.1, -0.05) is 107 Å². The summed E-state index contributed by atoms with van der Waals surface area (Å²) in [4.78, 5) is 0. The van der Waals surface area contributed by atoms with Crippen LogP contribution in [0.1, 0.15) is 128 Å². The summed E-state index contributed by atoms with van der Waals surface area (Å²) in [5.41, 5.74) is 12.7. The summed E-state index contributed by atoms with van der Waals surface area (Å²) in [5.74, 6) is 4.07. The Kier molecular flexibility index (Phi) is 12.5. The largest absolute Gasteiger partial charge is 0.0625 e. The van der Waals surface area contributed by atoms with E-state index in [4.69, 9.17) is 0 Å². The van der Waals surface area contributed by atoms with Gasteiger partial charge < -0.3 is 0 Å². The molecule has 0 aliphatic heterocycles. The van der Waals surface area contributed by atoms with Crippen molar-refractivity contribution in [3.63, 3.8) is 0 Å². The van der Waals surface area contributed by atoms with Crippen molar-refractivity contribution in [1.29, 1.82) is 0 Å². The highest BCUT2D eigenvalue weighted by molar-refractivity contribution is 5.46. The number of hydrogen-bond donors (Lipinski definition) is 0. The fourth-order valence-electron chi connectivity index (χ4n) is 5.90. The molecule has 0 spiro atoms. The Balaban J connectivity index is 2.70. The zero-order valence-electron chi connectivity index (χ0n) is 26.7. The molecular formula is C37H60. The van der Waals surface area contributed by atoms with Crippen LogP contribution in [0.5, 0.6) is 0 Å². The standard InChI is InChI=1S/C37H60/c1-24(2)13-30-19-34(17-28(9)10)36(21-32(30)15-26(5)6)23-37-22-33(16-27(7)8)31(14-25(3)4)20-35(37)18-29(11)12/h19-22,24-29H,13-18,23H2,1-12H3. The predicted octanol–water partition coefficient (Wildman–Crippen LogP) is 10.5. The van der Waals surface area contributed by atoms with Gasteiger partial charge in [0.15, 0.2) is 0 Å². The molecular weight excluding hydrogens is 444 g/mol. The average molecular weight is 505 g/mol. The van der Waals surface area contributed by atoms with E-state index in [0.29, 0.717) is 35.5 Å². The zero-order chi connectivity index (χ0) is 27.9. The lowest BCUT2D eigenvalue weighted by Gasteiger charge is -2.23. The molecule has 2 aromatic carbocycles. The Hall–Kier alpha value is -1.56. The van der Waals surface area contributed by atoms with Crippen molar-refractivity contribution in [3.8, 4) is 0 Å². The minimum Gasteiger partial charge on any atom is -0.0625 e. The third-order valence-electron chi connectivity index (χ3n) is 7.19. The number of rotatable bonds is 14. The van der Waals surface area contributed by atoms with Gasteiger partial charge in [-0.3, -0.25) is 0 Å². The van der Waals surface area contributed by atoms with E-state index >= 15 is 0 Å². The molecule has 0 saturated heterocycles. The molecule has 37 heavy (non-hydrogen) atoms. The molecule has 0 aliphatic rings. The minimum atomic E-state index is 0.668. The number of benzene rings is 2. The summed E-state index contributed by atoms with van der Waals surface area (Å²) in [7, 11) is 0. The molecule has 0 heteroatoms. The molecule has 0 unspecified atom stereocenters. The van der Waals surface area contributed by atoms with Crippen LogP contribution >= 0.6 is 0 Å². The second kappa shape index (κ2) is 14.6. The fraction of sp³-hybridized carbons (Fsp3) is 0.676. The van der Waals surface area contributed by atoms with Gasteiger partial charge >= 0.3 is 0 Å². The Morgan fingerprint density at radius 1 is 0.297 bits per heavy atom. The van der Waals surface area contributed by atoms with E-state index in [1.807, 2.05) is 0 Å². The van der Waals surface area contributed by atoms with Crippen molar-refractivity contribution in [1.82, 2.24) is 0 Å². The lowest BCUT2D eigenvalue weighted by atomic mass is 9.82. The lowest BCUT2D eigenvalue weighted by Crippen LogP contribution is -2.11. The van der Waals surface area contributed by atoms with Gasteiger partial charge in [-0.15, -0.1) is 0 Å². The molecule has 0 amide bonds. The van der Waals surface area contributed by atoms with Crippen molar-refractivity contribution in [2.45, 2.75) is 128 Å². The van der Waals surface area contributed by atoms with Gasteiger partial charge in [-0.25, -0.2) is 0 Å². The molecule has 0 heterocycles. The van der Waals surface area contributed by atoms with E-state index in [9.17, 15) is 0 Å². The summed E-state index contributed by atoms with van der Waals surface area (Å²) in [6.07, 6.45) is 8.16. The number of hydrogen-bond acceptors (Lipinski definition) is 0. The first-order valence-electron chi connectivity index (χ1n) is 15.5. The lowest BCUT2D eigenvalue weighted by molar-refractivity contribution is 0.607. The van der Waals surface area contributed by atoms with Crippen LogP contribution in [0.3, 0.4) is 0 Å². The smallest absolute Gasteiger partial charge is 0.00201 e. The van der Waals surface area contributed by atoms with E-state index in [1.54, 1.807) is 44.5 Å². The van der Waals surface area contributed by atoms with Crippen molar-refractivity contribution >= 4 is 0 Å². The van der Waals surface area contributed by atoms with Crippen LogP contribution in [-0.4, -0.2) is 0 Å². The Morgan fingerprint density at radius 2 is 0.459 bits per heavy atom. The third-order valence-corrected chi connectivity index (χ3v) is 7.19. The van der Waals surface area contributed by atoms with Crippen LogP contribution in [0.4, 0.5) is 0 Å². The second-order valence-corrected chi connectivity index (χ2v) is 14.5. The molecule has 0 nitrogen and oxygen atoms in total. The monoisotopic (exact) mass is 504 g/mol. The van der Waals surface area contributed by atoms with Crippen LogP contribution < -0.4 is 0 Å². The van der Waals surface area contributed by atoms with Gasteiger partial charge in [-0.2, -0.15) is 0 Å². The molecule has 0 radical (unpaired) electrons. The van der Waals surface area contributed by atoms with E-state index < -0.39 is 0 Å². The van der Waals surface area contributed by atoms with Crippen molar-refractivity contribution < 1.29 is 0 Å². The summed E-state index contributed by atoms with van der Waals surface area (Å²) in [6.45, 7) is 28.4. The molecule has 208 valence electrons. The molecule has 0 aliphatic carbocycles. The van der Waals surface area contributed by atoms with Gasteiger partial charge in [0.1, 0.15) is 0 Å². The molecule has 0 fully saturated rings. The van der Waals surface area contributed by atoms with Gasteiger partial charge in [0.2, 0.25) is 0 Å². The molecule has 0 atom stereocenters. The van der Waals surface area contributed by atoms with Crippen molar-refractivity contribution in [3.05, 3.63) is 68.8 Å². The SMILES string of the molecule is CC(C)Cc1cc(CC(C)C)c(CC(C)C)cc1Cc1cc(CC(C)C)c(CC(C)C)cc1CC(C)C. The molecule has 2 aromatic rings. The quantitative estimate of drug-likeness (QED) is 0.240. The first kappa shape index (κ1) is 31.7. The molecule has 0 saturated carbocycles. The topological polar surface area (TPSA) is 0 Å². The zero-order valence-corrected chi connectivity index (χ0v) is 26.7. The van der Waals surface area contributed by atoms with E-state index in [-0.39, 0.29) is 0 Å². The normalized spacial score (nSPS) is 12.4. The maximum Gasteiger partial charge on any atom is -0.00201 e. The van der Waals surface area contributed by atoms with Gasteiger partial charge in [-0.05, 0) is 125 Å². The van der Waals surface area contributed by atoms with Gasteiger partial charge in [0, 0.05) is 0 Å². The Morgan fingerprint density at radius 3 is 0.649 bits per heavy atom. The first-order chi connectivity index (χ1) is 17.2. The van der Waals surface area contributed by atoms with Gasteiger partial charge in [0.05, 0.1) is 0 Å². The van der Waals surface area contributed by atoms with Crippen LogP contribution in [-0.2, 0) is 44.9 Å². The molecule has 0 aromatic heterocycles. The second-order valence-electron chi connectivity index (χ2n) is 14.5. The Labute approximate surface area is 232 Å². The average Bonchev–Trinajstić information content (AvgIpc) is 2.71. The van der Waals surface area contributed by atoms with Gasteiger partial charge in [0.25, 0.3) is 0 Å². The van der Waals surface area contributed by atoms with Crippen molar-refractivity contribution in [2.75, 3.05) is 0 Å². The van der Waals surface area contributed by atoms with Crippen molar-refractivity contribution in [2.24, 2.45) is 35.5 Å². The van der Waals surface area contributed by atoms with Crippen LogP contribution in [0, 0.1) is 35.5 Å². The summed E-state index contributed by atoms with van der Waals surface area (Å²) in [5, 5.41) is 0. The highest BCUT2D eigenvalue weighted by Crippen LogP contribution is 2.30. The van der Waals surface area contributed by atoms with E-state index in [1.165, 1.54) is 38.5 Å². The fourth-order valence-corrected chi connectivity index (χ4v) is 5.90. The highest BCUT2D eigenvalue weighted by Gasteiger charge is 2.18. The summed E-state index contributed by atoms with van der Waals surface area (Å²) >= 11 is 0.